The minimum Gasteiger partial charge on any atom is -0.443 e. The molecule has 0 unspecified atom stereocenters. The highest BCUT2D eigenvalue weighted by molar-refractivity contribution is 6.00. The van der Waals surface area contributed by atoms with E-state index in [1.54, 1.807) is 33.9 Å². The Morgan fingerprint density at radius 2 is 2.11 bits per heavy atom. The van der Waals surface area contributed by atoms with Gasteiger partial charge in [0, 0.05) is 19.3 Å². The normalized spacial score (nSPS) is 19.9. The zero-order valence-electron chi connectivity index (χ0n) is 16.0. The lowest BCUT2D eigenvalue weighted by atomic mass is 10.2. The number of fused-ring (bicyclic) bond motifs is 1. The molecular formula is C18H25N5O4. The van der Waals surface area contributed by atoms with Gasteiger partial charge in [-0.3, -0.25) is 9.69 Å². The molecule has 1 aliphatic rings. The molecular weight excluding hydrogens is 350 g/mol. The van der Waals surface area contributed by atoms with Crippen LogP contribution in [-0.2, 0) is 4.74 Å². The highest BCUT2D eigenvalue weighted by Gasteiger charge is 2.27. The maximum atomic E-state index is 12.6. The molecule has 2 heterocycles. The first-order valence-electron chi connectivity index (χ1n) is 8.94. The van der Waals surface area contributed by atoms with Crippen LogP contribution in [0.5, 0.6) is 0 Å². The Labute approximate surface area is 157 Å². The minimum atomic E-state index is -0.626. The second kappa shape index (κ2) is 7.15. The van der Waals surface area contributed by atoms with E-state index in [2.05, 4.69) is 15.4 Å². The van der Waals surface area contributed by atoms with E-state index in [4.69, 9.17) is 4.74 Å². The first-order valence-corrected chi connectivity index (χ1v) is 8.94. The second-order valence-corrected chi connectivity index (χ2v) is 7.77. The summed E-state index contributed by atoms with van der Waals surface area (Å²) < 4.78 is 6.81. The van der Waals surface area contributed by atoms with E-state index in [0.717, 1.165) is 6.42 Å². The number of aliphatic hydroxyl groups excluding tert-OH is 1. The third-order valence-electron chi connectivity index (χ3n) is 4.38. The van der Waals surface area contributed by atoms with Crippen molar-refractivity contribution in [2.24, 2.45) is 0 Å². The molecule has 1 fully saturated rings. The van der Waals surface area contributed by atoms with E-state index >= 15 is 0 Å². The van der Waals surface area contributed by atoms with Gasteiger partial charge in [0.05, 0.1) is 12.3 Å². The summed E-state index contributed by atoms with van der Waals surface area (Å²) in [5.74, 6) is 0.137. The third-order valence-corrected chi connectivity index (χ3v) is 4.38. The lowest BCUT2D eigenvalue weighted by molar-refractivity contribution is 0.0587. The Bertz CT molecular complexity index is 857. The molecule has 2 atom stereocenters. The molecule has 2 amide bonds. The van der Waals surface area contributed by atoms with Crippen molar-refractivity contribution in [2.45, 2.75) is 57.8 Å². The summed E-state index contributed by atoms with van der Waals surface area (Å²) in [6.45, 7) is 5.37. The van der Waals surface area contributed by atoms with Gasteiger partial charge in [0.15, 0.2) is 5.65 Å². The van der Waals surface area contributed by atoms with Crippen LogP contribution < -0.4 is 10.2 Å². The van der Waals surface area contributed by atoms with Gasteiger partial charge >= 0.3 is 6.09 Å². The van der Waals surface area contributed by atoms with Crippen molar-refractivity contribution in [3.8, 4) is 0 Å². The molecule has 2 aromatic rings. The highest BCUT2D eigenvalue weighted by atomic mass is 16.6. The van der Waals surface area contributed by atoms with Crippen LogP contribution in [0.15, 0.2) is 18.5 Å². The molecule has 2 N–H and O–H groups in total. The minimum absolute atomic E-state index is 0.0601. The molecule has 0 radical (unpaired) electrons. The number of nitrogens with one attached hydrogen (secondary N) is 1. The van der Waals surface area contributed by atoms with Gasteiger partial charge in [-0.2, -0.15) is 9.61 Å². The van der Waals surface area contributed by atoms with Gasteiger partial charge in [0.25, 0.3) is 5.91 Å². The van der Waals surface area contributed by atoms with Crippen molar-refractivity contribution in [3.05, 3.63) is 24.0 Å². The number of anilines is 1. The van der Waals surface area contributed by atoms with Gasteiger partial charge in [-0.1, -0.05) is 0 Å². The predicted octanol–water partition coefficient (Wildman–Crippen LogP) is 1.74. The standard InChI is InChI=1S/C18H25N5O4/c1-18(2,3)27-17(26)22(4)14-7-8-19-15-13(10-20-23(14)15)16(25)21-11-5-6-12(24)9-11/h7-8,10-12,24H,5-6,9H2,1-4H3,(H,21,25)/t11-,12+/m1/s1. The quantitative estimate of drug-likeness (QED) is 0.846. The van der Waals surface area contributed by atoms with Crippen molar-refractivity contribution in [1.82, 2.24) is 19.9 Å². The summed E-state index contributed by atoms with van der Waals surface area (Å²) in [5, 5.41) is 16.7. The van der Waals surface area contributed by atoms with Crippen LogP contribution in [0.2, 0.25) is 0 Å². The largest absolute Gasteiger partial charge is 0.443 e. The molecule has 2 aromatic heterocycles. The fourth-order valence-corrected chi connectivity index (χ4v) is 3.07. The highest BCUT2D eigenvalue weighted by Crippen LogP contribution is 2.21. The fraction of sp³-hybridized carbons (Fsp3) is 0.556. The molecule has 0 spiro atoms. The maximum absolute atomic E-state index is 12.6. The topological polar surface area (TPSA) is 109 Å². The molecule has 0 bridgehead atoms. The number of amides is 2. The van der Waals surface area contributed by atoms with Gasteiger partial charge in [0.2, 0.25) is 0 Å². The zero-order valence-corrected chi connectivity index (χ0v) is 16.0. The number of ether oxygens (including phenoxy) is 1. The van der Waals surface area contributed by atoms with Gasteiger partial charge in [-0.05, 0) is 46.1 Å². The number of hydrogen-bond donors (Lipinski definition) is 2. The van der Waals surface area contributed by atoms with E-state index in [9.17, 15) is 14.7 Å². The summed E-state index contributed by atoms with van der Waals surface area (Å²) in [6.07, 6.45) is 4.02. The molecule has 27 heavy (non-hydrogen) atoms. The number of nitrogens with zero attached hydrogens (tertiary/aromatic N) is 4. The number of carbonyl (C=O) groups is 2. The molecule has 1 aliphatic carbocycles. The molecule has 9 nitrogen and oxygen atoms in total. The number of carbonyl (C=O) groups excluding carboxylic acids is 2. The molecule has 146 valence electrons. The van der Waals surface area contributed by atoms with Gasteiger partial charge in [-0.15, -0.1) is 0 Å². The van der Waals surface area contributed by atoms with E-state index in [0.29, 0.717) is 29.9 Å². The Morgan fingerprint density at radius 3 is 2.74 bits per heavy atom. The monoisotopic (exact) mass is 375 g/mol. The predicted molar refractivity (Wildman–Crippen MR) is 98.7 cm³/mol. The fourth-order valence-electron chi connectivity index (χ4n) is 3.07. The van der Waals surface area contributed by atoms with Gasteiger partial charge in [-0.25, -0.2) is 9.78 Å². The Hall–Kier alpha value is -2.68. The van der Waals surface area contributed by atoms with Gasteiger partial charge in [0.1, 0.15) is 17.0 Å². The van der Waals surface area contributed by atoms with Crippen LogP contribution in [0.3, 0.4) is 0 Å². The first-order chi connectivity index (χ1) is 12.7. The summed E-state index contributed by atoms with van der Waals surface area (Å²) in [5.41, 5.74) is 0.0353. The average Bonchev–Trinajstić information content (AvgIpc) is 3.18. The SMILES string of the molecule is CN(C(=O)OC(C)(C)C)c1ccnc2c(C(=O)N[C@@H]3CC[C@H](O)C3)cnn12. The summed E-state index contributed by atoms with van der Waals surface area (Å²) in [6, 6.07) is 1.56. The summed E-state index contributed by atoms with van der Waals surface area (Å²) in [4.78, 5) is 30.5. The van der Waals surface area contributed by atoms with Crippen LogP contribution in [0.1, 0.15) is 50.4 Å². The van der Waals surface area contributed by atoms with Gasteiger partial charge < -0.3 is 15.2 Å². The van der Waals surface area contributed by atoms with E-state index < -0.39 is 11.7 Å². The lowest BCUT2D eigenvalue weighted by Crippen LogP contribution is -2.35. The van der Waals surface area contributed by atoms with Crippen molar-refractivity contribution in [1.29, 1.82) is 0 Å². The number of aromatic nitrogens is 3. The first kappa shape index (κ1) is 19.1. The molecule has 0 saturated heterocycles. The van der Waals surface area contributed by atoms with E-state index in [1.807, 2.05) is 0 Å². The van der Waals surface area contributed by atoms with Crippen LogP contribution in [-0.4, -0.2) is 56.5 Å². The van der Waals surface area contributed by atoms with Crippen LogP contribution in [0, 0.1) is 0 Å². The molecule has 0 aromatic carbocycles. The van der Waals surface area contributed by atoms with Crippen molar-refractivity contribution in [2.75, 3.05) is 11.9 Å². The summed E-state index contributed by atoms with van der Waals surface area (Å²) >= 11 is 0. The van der Waals surface area contributed by atoms with Crippen molar-refractivity contribution < 1.29 is 19.4 Å². The van der Waals surface area contributed by atoms with E-state index in [-0.39, 0.29) is 18.1 Å². The summed E-state index contributed by atoms with van der Waals surface area (Å²) in [7, 11) is 1.57. The van der Waals surface area contributed by atoms with Crippen LogP contribution in [0.25, 0.3) is 5.65 Å². The number of rotatable bonds is 3. The maximum Gasteiger partial charge on any atom is 0.415 e. The Morgan fingerprint density at radius 1 is 1.37 bits per heavy atom. The number of hydrogen-bond acceptors (Lipinski definition) is 6. The zero-order chi connectivity index (χ0) is 19.8. The Kier molecular flexibility index (Phi) is 5.05. The molecule has 9 heteroatoms. The van der Waals surface area contributed by atoms with Crippen LogP contribution in [0.4, 0.5) is 10.6 Å². The molecule has 1 saturated carbocycles. The Balaban J connectivity index is 1.84. The molecule has 3 rings (SSSR count). The lowest BCUT2D eigenvalue weighted by Gasteiger charge is -2.24. The van der Waals surface area contributed by atoms with Crippen molar-refractivity contribution in [3.63, 3.8) is 0 Å². The third kappa shape index (κ3) is 4.19. The molecule has 0 aliphatic heterocycles. The van der Waals surface area contributed by atoms with Crippen molar-refractivity contribution >= 4 is 23.5 Å². The van der Waals surface area contributed by atoms with E-state index in [1.165, 1.54) is 21.8 Å². The van der Waals surface area contributed by atoms with Crippen LogP contribution >= 0.6 is 0 Å². The second-order valence-electron chi connectivity index (χ2n) is 7.77. The average molecular weight is 375 g/mol. The number of aliphatic hydroxyl groups is 1. The smallest absolute Gasteiger partial charge is 0.415 e.